The number of amides is 1. The van der Waals surface area contributed by atoms with Crippen LogP contribution in [0.3, 0.4) is 0 Å². The second-order valence-electron chi connectivity index (χ2n) is 8.99. The van der Waals surface area contributed by atoms with Crippen molar-refractivity contribution in [3.63, 3.8) is 0 Å². The summed E-state index contributed by atoms with van der Waals surface area (Å²) >= 11 is 0. The Hall–Kier alpha value is -3.75. The third-order valence-corrected chi connectivity index (χ3v) is 6.48. The fourth-order valence-electron chi connectivity index (χ4n) is 3.97. The Labute approximate surface area is 197 Å². The number of anilines is 2. The van der Waals surface area contributed by atoms with Crippen LogP contribution >= 0.6 is 0 Å². The Kier molecular flexibility index (Phi) is 6.37. The summed E-state index contributed by atoms with van der Waals surface area (Å²) in [6.07, 6.45) is 3.38. The number of nitrogen functional groups attached to an aromatic ring is 1. The van der Waals surface area contributed by atoms with Crippen molar-refractivity contribution < 1.29 is 9.18 Å². The lowest BCUT2D eigenvalue weighted by molar-refractivity contribution is -0.121. The third-order valence-electron chi connectivity index (χ3n) is 6.48. The van der Waals surface area contributed by atoms with Gasteiger partial charge in [0, 0.05) is 36.1 Å². The number of nitrogens with zero attached hydrogens (tertiary/aromatic N) is 3. The Bertz CT molecular complexity index is 1300. The van der Waals surface area contributed by atoms with E-state index in [1.54, 1.807) is 38.2 Å². The summed E-state index contributed by atoms with van der Waals surface area (Å²) in [7, 11) is 0. The van der Waals surface area contributed by atoms with Crippen molar-refractivity contribution in [1.82, 2.24) is 19.9 Å². The molecule has 1 fully saturated rings. The summed E-state index contributed by atoms with van der Waals surface area (Å²) in [6, 6.07) is 8.80. The lowest BCUT2D eigenvalue weighted by Gasteiger charge is -2.18. The molecule has 2 aromatic heterocycles. The van der Waals surface area contributed by atoms with Crippen molar-refractivity contribution >= 4 is 17.5 Å². The summed E-state index contributed by atoms with van der Waals surface area (Å²) in [5, 5.41) is 5.96. The van der Waals surface area contributed by atoms with Gasteiger partial charge in [-0.05, 0) is 62.4 Å². The standard InChI is InChI=1S/C25H29FN6O2/c1-15-4-6-19(10-20(15)26)25(8-9-25)14-30-23-24(34)32(16(2)11-29-23)13-22(33)28-12-18-5-7-21(27)31-17(18)3/h4-7,10-11H,8-9,12-14H2,1-3H3,(H2,27,31)(H,28,33)(H,29,30). The number of aromatic nitrogens is 3. The van der Waals surface area contributed by atoms with Crippen molar-refractivity contribution in [3.05, 3.63) is 80.8 Å². The Morgan fingerprint density at radius 3 is 2.65 bits per heavy atom. The maximum atomic E-state index is 14.1. The molecule has 4 rings (SSSR count). The molecule has 178 valence electrons. The average Bonchev–Trinajstić information content (AvgIpc) is 3.58. The van der Waals surface area contributed by atoms with Gasteiger partial charge in [-0.2, -0.15) is 0 Å². The molecule has 8 nitrogen and oxygen atoms in total. The number of carbonyl (C=O) groups is 1. The van der Waals surface area contributed by atoms with E-state index in [1.165, 1.54) is 4.57 Å². The highest BCUT2D eigenvalue weighted by Crippen LogP contribution is 2.48. The highest BCUT2D eigenvalue weighted by atomic mass is 19.1. The molecule has 0 unspecified atom stereocenters. The minimum absolute atomic E-state index is 0.127. The van der Waals surface area contributed by atoms with Crippen molar-refractivity contribution in [2.24, 2.45) is 0 Å². The smallest absolute Gasteiger partial charge is 0.293 e. The Balaban J connectivity index is 1.43. The molecule has 9 heteroatoms. The molecule has 1 amide bonds. The number of benzene rings is 1. The molecule has 4 N–H and O–H groups in total. The molecule has 1 saturated carbocycles. The van der Waals surface area contributed by atoms with Crippen LogP contribution in [0.2, 0.25) is 0 Å². The van der Waals surface area contributed by atoms with E-state index < -0.39 is 0 Å². The number of aryl methyl sites for hydroxylation is 3. The van der Waals surface area contributed by atoms with Crippen LogP contribution in [0.25, 0.3) is 0 Å². The zero-order valence-electron chi connectivity index (χ0n) is 19.6. The fraction of sp³-hybridized carbons (Fsp3) is 0.360. The molecule has 0 aliphatic heterocycles. The molecular weight excluding hydrogens is 435 g/mol. The number of halogens is 1. The minimum atomic E-state index is -0.369. The first-order valence-electron chi connectivity index (χ1n) is 11.2. The predicted molar refractivity (Wildman–Crippen MR) is 129 cm³/mol. The second kappa shape index (κ2) is 9.24. The number of hydrogen-bond acceptors (Lipinski definition) is 6. The number of carbonyl (C=O) groups excluding carboxylic acids is 1. The molecular formula is C25H29FN6O2. The molecule has 1 aliphatic rings. The molecule has 0 bridgehead atoms. The quantitative estimate of drug-likeness (QED) is 0.472. The van der Waals surface area contributed by atoms with Gasteiger partial charge in [0.1, 0.15) is 18.2 Å². The summed E-state index contributed by atoms with van der Waals surface area (Å²) in [4.78, 5) is 34.0. The molecule has 0 saturated heterocycles. The predicted octanol–water partition coefficient (Wildman–Crippen LogP) is 2.74. The van der Waals surface area contributed by atoms with Crippen LogP contribution in [0.5, 0.6) is 0 Å². The van der Waals surface area contributed by atoms with Crippen molar-refractivity contribution in [3.8, 4) is 0 Å². The first-order valence-corrected chi connectivity index (χ1v) is 11.2. The van der Waals surface area contributed by atoms with Gasteiger partial charge in [0.15, 0.2) is 5.82 Å². The van der Waals surface area contributed by atoms with Gasteiger partial charge in [-0.3, -0.25) is 14.2 Å². The molecule has 1 aliphatic carbocycles. The molecule has 1 aromatic carbocycles. The maximum absolute atomic E-state index is 14.1. The number of nitrogens with two attached hydrogens (primary N) is 1. The second-order valence-corrected chi connectivity index (χ2v) is 8.99. The lowest BCUT2D eigenvalue weighted by Crippen LogP contribution is -2.35. The van der Waals surface area contributed by atoms with Crippen LogP contribution in [0, 0.1) is 26.6 Å². The van der Waals surface area contributed by atoms with E-state index in [-0.39, 0.29) is 41.6 Å². The highest BCUT2D eigenvalue weighted by Gasteiger charge is 2.44. The van der Waals surface area contributed by atoms with E-state index >= 15 is 0 Å². The van der Waals surface area contributed by atoms with E-state index in [4.69, 9.17) is 5.73 Å². The topological polar surface area (TPSA) is 115 Å². The number of rotatable bonds is 8. The Morgan fingerprint density at radius 2 is 1.97 bits per heavy atom. The summed E-state index contributed by atoms with van der Waals surface area (Å²) in [6.45, 7) is 5.92. The van der Waals surface area contributed by atoms with E-state index in [2.05, 4.69) is 20.6 Å². The van der Waals surface area contributed by atoms with E-state index in [9.17, 15) is 14.0 Å². The fourth-order valence-corrected chi connectivity index (χ4v) is 3.97. The number of hydrogen-bond donors (Lipinski definition) is 3. The van der Waals surface area contributed by atoms with Crippen molar-refractivity contribution in [2.75, 3.05) is 17.6 Å². The van der Waals surface area contributed by atoms with Crippen LogP contribution in [-0.4, -0.2) is 27.0 Å². The first-order chi connectivity index (χ1) is 16.2. The van der Waals surface area contributed by atoms with Crippen LogP contribution in [0.1, 0.15) is 40.9 Å². The summed E-state index contributed by atoms with van der Waals surface area (Å²) < 4.78 is 15.5. The van der Waals surface area contributed by atoms with Crippen LogP contribution in [0.4, 0.5) is 16.0 Å². The third kappa shape index (κ3) is 4.93. The zero-order chi connectivity index (χ0) is 24.5. The molecule has 3 aromatic rings. The van der Waals surface area contributed by atoms with E-state index in [0.717, 1.165) is 29.7 Å². The normalized spacial score (nSPS) is 14.0. The van der Waals surface area contributed by atoms with E-state index in [1.807, 2.05) is 19.1 Å². The van der Waals surface area contributed by atoms with Gasteiger partial charge < -0.3 is 16.4 Å². The van der Waals surface area contributed by atoms with Crippen molar-refractivity contribution in [1.29, 1.82) is 0 Å². The van der Waals surface area contributed by atoms with Gasteiger partial charge in [0.25, 0.3) is 5.56 Å². The largest absolute Gasteiger partial charge is 0.384 e. The Morgan fingerprint density at radius 1 is 1.21 bits per heavy atom. The zero-order valence-corrected chi connectivity index (χ0v) is 19.6. The average molecular weight is 465 g/mol. The van der Waals surface area contributed by atoms with E-state index in [0.29, 0.717) is 23.6 Å². The van der Waals surface area contributed by atoms with Gasteiger partial charge >= 0.3 is 0 Å². The van der Waals surface area contributed by atoms with Crippen LogP contribution < -0.4 is 21.9 Å². The molecule has 0 radical (unpaired) electrons. The minimum Gasteiger partial charge on any atom is -0.384 e. The van der Waals surface area contributed by atoms with Gasteiger partial charge in [-0.25, -0.2) is 14.4 Å². The van der Waals surface area contributed by atoms with Gasteiger partial charge in [0.2, 0.25) is 5.91 Å². The van der Waals surface area contributed by atoms with Gasteiger partial charge in [-0.1, -0.05) is 18.2 Å². The molecule has 34 heavy (non-hydrogen) atoms. The molecule has 2 heterocycles. The first kappa shape index (κ1) is 23.4. The number of nitrogens with one attached hydrogen (secondary N) is 2. The van der Waals surface area contributed by atoms with Gasteiger partial charge in [-0.15, -0.1) is 0 Å². The SMILES string of the molecule is Cc1ccc(C2(CNc3ncc(C)n(CC(=O)NCc4ccc(N)nc4C)c3=O)CC2)cc1F. The monoisotopic (exact) mass is 464 g/mol. The highest BCUT2D eigenvalue weighted by molar-refractivity contribution is 5.75. The van der Waals surface area contributed by atoms with Crippen LogP contribution in [-0.2, 0) is 23.3 Å². The maximum Gasteiger partial charge on any atom is 0.293 e. The lowest BCUT2D eigenvalue weighted by atomic mass is 9.95. The molecule has 0 spiro atoms. The molecule has 0 atom stereocenters. The summed E-state index contributed by atoms with van der Waals surface area (Å²) in [5.74, 6) is 0.0748. The van der Waals surface area contributed by atoms with Gasteiger partial charge in [0.05, 0.1) is 0 Å². The summed E-state index contributed by atoms with van der Waals surface area (Å²) in [5.41, 5.74) is 8.80. The van der Waals surface area contributed by atoms with Crippen LogP contribution in [0.15, 0.2) is 41.3 Å². The number of pyridine rings is 1. The van der Waals surface area contributed by atoms with Crippen molar-refractivity contribution in [2.45, 2.75) is 52.1 Å².